The number of carbonyl (C=O) groups is 1. The minimum absolute atomic E-state index is 0.127. The van der Waals surface area contributed by atoms with Gasteiger partial charge in [0.05, 0.1) is 12.7 Å². The first-order chi connectivity index (χ1) is 7.27. The van der Waals surface area contributed by atoms with Crippen molar-refractivity contribution in [2.24, 2.45) is 0 Å². The smallest absolute Gasteiger partial charge is 0.404 e. The summed E-state index contributed by atoms with van der Waals surface area (Å²) in [5, 5.41) is 11.0. The molecule has 4 nitrogen and oxygen atoms in total. The minimum Gasteiger partial charge on any atom is -0.465 e. The maximum absolute atomic E-state index is 10.4. The zero-order valence-electron chi connectivity index (χ0n) is 8.22. The molecule has 2 rings (SSSR count). The summed E-state index contributed by atoms with van der Waals surface area (Å²) < 4.78 is 5.22. The number of epoxide rings is 1. The van der Waals surface area contributed by atoms with Crippen molar-refractivity contribution in [2.45, 2.75) is 12.0 Å². The van der Waals surface area contributed by atoms with Crippen LogP contribution in [0, 0.1) is 0 Å². The van der Waals surface area contributed by atoms with E-state index in [2.05, 4.69) is 5.32 Å². The van der Waals surface area contributed by atoms with Crippen LogP contribution in [0.25, 0.3) is 0 Å². The molecule has 1 heterocycles. The molecule has 15 heavy (non-hydrogen) atoms. The fourth-order valence-electron chi connectivity index (χ4n) is 1.65. The first-order valence-electron chi connectivity index (χ1n) is 4.90. The van der Waals surface area contributed by atoms with Crippen molar-refractivity contribution in [3.63, 3.8) is 0 Å². The summed E-state index contributed by atoms with van der Waals surface area (Å²) in [5.41, 5.74) is 1.12. The van der Waals surface area contributed by atoms with Crippen LogP contribution in [0.4, 0.5) is 4.79 Å². The van der Waals surface area contributed by atoms with E-state index >= 15 is 0 Å². The lowest BCUT2D eigenvalue weighted by molar-refractivity contribution is 0.193. The highest BCUT2D eigenvalue weighted by Crippen LogP contribution is 2.29. The van der Waals surface area contributed by atoms with Gasteiger partial charge in [-0.2, -0.15) is 0 Å². The molecule has 0 aliphatic carbocycles. The number of carboxylic acid groups (broad SMARTS) is 1. The third-order valence-electron chi connectivity index (χ3n) is 2.51. The normalized spacial score (nSPS) is 20.7. The van der Waals surface area contributed by atoms with E-state index in [4.69, 9.17) is 9.84 Å². The average Bonchev–Trinajstić information content (AvgIpc) is 3.03. The highest BCUT2D eigenvalue weighted by atomic mass is 16.6. The highest BCUT2D eigenvalue weighted by Gasteiger charge is 2.33. The molecule has 0 aromatic heterocycles. The zero-order chi connectivity index (χ0) is 10.7. The van der Waals surface area contributed by atoms with E-state index in [1.54, 1.807) is 0 Å². The van der Waals surface area contributed by atoms with Gasteiger partial charge in [0.25, 0.3) is 0 Å². The van der Waals surface area contributed by atoms with E-state index in [0.29, 0.717) is 6.54 Å². The fourth-order valence-corrected chi connectivity index (χ4v) is 1.65. The van der Waals surface area contributed by atoms with Gasteiger partial charge in [-0.3, -0.25) is 0 Å². The number of hydrogen-bond donors (Lipinski definition) is 2. The largest absolute Gasteiger partial charge is 0.465 e. The monoisotopic (exact) mass is 207 g/mol. The van der Waals surface area contributed by atoms with E-state index in [0.717, 1.165) is 12.2 Å². The van der Waals surface area contributed by atoms with Crippen molar-refractivity contribution in [3.05, 3.63) is 35.9 Å². The molecule has 80 valence electrons. The Kier molecular flexibility index (Phi) is 2.87. The van der Waals surface area contributed by atoms with E-state index in [9.17, 15) is 4.79 Å². The SMILES string of the molecule is O=C(O)NC[C@@H](c1ccccc1)[C@@H]1CO1. The molecule has 4 heteroatoms. The van der Waals surface area contributed by atoms with Gasteiger partial charge in [-0.05, 0) is 5.56 Å². The van der Waals surface area contributed by atoms with Gasteiger partial charge in [-0.1, -0.05) is 30.3 Å². The van der Waals surface area contributed by atoms with Crippen LogP contribution >= 0.6 is 0 Å². The average molecular weight is 207 g/mol. The standard InChI is InChI=1S/C11H13NO3/c13-11(14)12-6-9(10-7-15-10)8-4-2-1-3-5-8/h1-5,9-10,12H,6-7H2,(H,13,14)/t9-,10-/m0/s1. The Labute approximate surface area is 87.9 Å². The number of ether oxygens (including phenoxy) is 1. The second-order valence-corrected chi connectivity index (χ2v) is 3.58. The predicted molar refractivity (Wildman–Crippen MR) is 55.0 cm³/mol. The molecule has 2 N–H and O–H groups in total. The summed E-state index contributed by atoms with van der Waals surface area (Å²) in [6, 6.07) is 9.83. The molecule has 0 unspecified atom stereocenters. The topological polar surface area (TPSA) is 61.9 Å². The van der Waals surface area contributed by atoms with Gasteiger partial charge in [0.15, 0.2) is 0 Å². The Hall–Kier alpha value is -1.55. The summed E-state index contributed by atoms with van der Waals surface area (Å²) in [5.74, 6) is 0.127. The number of benzene rings is 1. The van der Waals surface area contributed by atoms with Crippen LogP contribution in [0.15, 0.2) is 30.3 Å². The zero-order valence-corrected chi connectivity index (χ0v) is 8.22. The van der Waals surface area contributed by atoms with Crippen LogP contribution in [0.3, 0.4) is 0 Å². The Morgan fingerprint density at radius 3 is 2.73 bits per heavy atom. The Balaban J connectivity index is 2.03. The molecule has 1 aliphatic rings. The number of nitrogens with one attached hydrogen (secondary N) is 1. The summed E-state index contributed by atoms with van der Waals surface area (Å²) in [6.07, 6.45) is -0.823. The van der Waals surface area contributed by atoms with E-state index < -0.39 is 6.09 Å². The van der Waals surface area contributed by atoms with Crippen LogP contribution < -0.4 is 5.32 Å². The molecular weight excluding hydrogens is 194 g/mol. The highest BCUT2D eigenvalue weighted by molar-refractivity contribution is 5.64. The molecule has 1 aliphatic heterocycles. The van der Waals surface area contributed by atoms with Crippen LogP contribution in [0.5, 0.6) is 0 Å². The molecule has 0 bridgehead atoms. The first kappa shape index (κ1) is 9.98. The quantitative estimate of drug-likeness (QED) is 0.734. The Bertz CT molecular complexity index is 335. The second kappa shape index (κ2) is 4.31. The van der Waals surface area contributed by atoms with E-state index in [1.807, 2.05) is 30.3 Å². The summed E-state index contributed by atoms with van der Waals surface area (Å²) in [7, 11) is 0. The minimum atomic E-state index is -0.989. The summed E-state index contributed by atoms with van der Waals surface area (Å²) in [6.45, 7) is 1.13. The lowest BCUT2D eigenvalue weighted by Crippen LogP contribution is -2.29. The van der Waals surface area contributed by atoms with Crippen LogP contribution in [-0.2, 0) is 4.74 Å². The second-order valence-electron chi connectivity index (χ2n) is 3.58. The van der Waals surface area contributed by atoms with E-state index in [-0.39, 0.29) is 12.0 Å². The first-order valence-corrected chi connectivity index (χ1v) is 4.90. The summed E-state index contributed by atoms with van der Waals surface area (Å²) >= 11 is 0. The van der Waals surface area contributed by atoms with Crippen molar-refractivity contribution >= 4 is 6.09 Å². The van der Waals surface area contributed by atoms with Crippen molar-refractivity contribution < 1.29 is 14.6 Å². The Morgan fingerprint density at radius 2 is 2.20 bits per heavy atom. The van der Waals surface area contributed by atoms with Gasteiger partial charge in [0.1, 0.15) is 0 Å². The maximum atomic E-state index is 10.4. The fraction of sp³-hybridized carbons (Fsp3) is 0.364. The van der Waals surface area contributed by atoms with Crippen molar-refractivity contribution in [3.8, 4) is 0 Å². The van der Waals surface area contributed by atoms with Crippen molar-refractivity contribution in [1.82, 2.24) is 5.32 Å². The maximum Gasteiger partial charge on any atom is 0.404 e. The molecular formula is C11H13NO3. The van der Waals surface area contributed by atoms with Crippen molar-refractivity contribution in [2.75, 3.05) is 13.2 Å². The third kappa shape index (κ3) is 2.70. The molecule has 1 amide bonds. The molecule has 1 saturated heterocycles. The molecule has 0 saturated carbocycles. The van der Waals surface area contributed by atoms with Gasteiger partial charge in [0.2, 0.25) is 0 Å². The number of rotatable bonds is 4. The van der Waals surface area contributed by atoms with Gasteiger partial charge in [-0.25, -0.2) is 4.79 Å². The van der Waals surface area contributed by atoms with E-state index in [1.165, 1.54) is 0 Å². The van der Waals surface area contributed by atoms with Crippen LogP contribution in [-0.4, -0.2) is 30.5 Å². The van der Waals surface area contributed by atoms with Gasteiger partial charge in [0, 0.05) is 12.5 Å². The summed E-state index contributed by atoms with van der Waals surface area (Å²) in [4.78, 5) is 10.4. The molecule has 1 aromatic rings. The lowest BCUT2D eigenvalue weighted by Gasteiger charge is -2.14. The van der Waals surface area contributed by atoms with Gasteiger partial charge < -0.3 is 15.2 Å². The lowest BCUT2D eigenvalue weighted by atomic mass is 9.96. The third-order valence-corrected chi connectivity index (χ3v) is 2.51. The van der Waals surface area contributed by atoms with Gasteiger partial charge >= 0.3 is 6.09 Å². The molecule has 0 radical (unpaired) electrons. The van der Waals surface area contributed by atoms with Crippen molar-refractivity contribution in [1.29, 1.82) is 0 Å². The molecule has 2 atom stereocenters. The number of amides is 1. The molecule has 0 spiro atoms. The molecule has 1 fully saturated rings. The van der Waals surface area contributed by atoms with Crippen LogP contribution in [0.2, 0.25) is 0 Å². The Morgan fingerprint density at radius 1 is 1.53 bits per heavy atom. The molecule has 1 aromatic carbocycles. The predicted octanol–water partition coefficient (Wildman–Crippen LogP) is 1.44. The number of hydrogen-bond acceptors (Lipinski definition) is 2. The van der Waals surface area contributed by atoms with Crippen LogP contribution in [0.1, 0.15) is 11.5 Å². The van der Waals surface area contributed by atoms with Gasteiger partial charge in [-0.15, -0.1) is 0 Å².